The van der Waals surface area contributed by atoms with E-state index in [1.165, 1.54) is 12.4 Å². The van der Waals surface area contributed by atoms with Crippen LogP contribution in [-0.2, 0) is 0 Å². The number of pyridine rings is 1. The minimum atomic E-state index is -1.08. The van der Waals surface area contributed by atoms with Crippen LogP contribution >= 0.6 is 0 Å². The highest BCUT2D eigenvalue weighted by molar-refractivity contribution is 5.87. The van der Waals surface area contributed by atoms with E-state index in [-0.39, 0.29) is 5.69 Å². The molecule has 0 aliphatic rings. The van der Waals surface area contributed by atoms with E-state index < -0.39 is 5.97 Å². The fraction of sp³-hybridized carbons (Fsp3) is 0. The number of hydrogen-bond acceptors (Lipinski definition) is 4. The predicted molar refractivity (Wildman–Crippen MR) is 44.3 cm³/mol. The summed E-state index contributed by atoms with van der Waals surface area (Å²) in [7, 11) is 0. The van der Waals surface area contributed by atoms with E-state index in [4.69, 9.17) is 5.11 Å². The summed E-state index contributed by atoms with van der Waals surface area (Å²) < 4.78 is 0. The molecule has 2 aromatic heterocycles. The van der Waals surface area contributed by atoms with E-state index in [1.807, 2.05) is 0 Å². The number of carboxylic acid groups (broad SMARTS) is 1. The number of fused-ring (bicyclic) bond motifs is 1. The minimum absolute atomic E-state index is 0.0690. The topological polar surface area (TPSA) is 76.0 Å². The van der Waals surface area contributed by atoms with Crippen molar-refractivity contribution in [3.63, 3.8) is 0 Å². The molecular formula is C8H5N3O2. The van der Waals surface area contributed by atoms with Gasteiger partial charge in [0.1, 0.15) is 5.52 Å². The third-order valence-corrected chi connectivity index (χ3v) is 1.56. The number of aromatic carboxylic acids is 1. The van der Waals surface area contributed by atoms with Crippen molar-refractivity contribution in [3.8, 4) is 0 Å². The molecule has 0 atom stereocenters. The lowest BCUT2D eigenvalue weighted by Crippen LogP contribution is -2.01. The monoisotopic (exact) mass is 175 g/mol. The van der Waals surface area contributed by atoms with Gasteiger partial charge in [-0.2, -0.15) is 0 Å². The highest BCUT2D eigenvalue weighted by Crippen LogP contribution is 2.06. The van der Waals surface area contributed by atoms with E-state index in [0.29, 0.717) is 11.0 Å². The largest absolute Gasteiger partial charge is 0.476 e. The maximum absolute atomic E-state index is 10.5. The van der Waals surface area contributed by atoms with Crippen molar-refractivity contribution in [1.82, 2.24) is 15.0 Å². The Morgan fingerprint density at radius 2 is 2.15 bits per heavy atom. The van der Waals surface area contributed by atoms with Gasteiger partial charge in [-0.1, -0.05) is 0 Å². The number of carboxylic acids is 1. The lowest BCUT2D eigenvalue weighted by molar-refractivity contribution is 0.0690. The molecule has 5 heteroatoms. The number of carbonyl (C=O) groups is 1. The molecule has 64 valence electrons. The van der Waals surface area contributed by atoms with Crippen molar-refractivity contribution in [2.45, 2.75) is 0 Å². The fourth-order valence-electron chi connectivity index (χ4n) is 0.966. The predicted octanol–water partition coefficient (Wildman–Crippen LogP) is 0.723. The molecule has 2 aromatic rings. The van der Waals surface area contributed by atoms with Crippen molar-refractivity contribution in [1.29, 1.82) is 0 Å². The lowest BCUT2D eigenvalue weighted by Gasteiger charge is -1.95. The maximum atomic E-state index is 10.5. The van der Waals surface area contributed by atoms with Gasteiger partial charge in [-0.3, -0.25) is 9.97 Å². The summed E-state index contributed by atoms with van der Waals surface area (Å²) in [6.07, 6.45) is 4.29. The smallest absolute Gasteiger partial charge is 0.356 e. The summed E-state index contributed by atoms with van der Waals surface area (Å²) in [5.41, 5.74) is 1.06. The first-order valence-corrected chi connectivity index (χ1v) is 3.57. The molecule has 0 aliphatic heterocycles. The second-order valence-corrected chi connectivity index (χ2v) is 2.42. The molecule has 0 saturated carbocycles. The molecule has 0 unspecified atom stereocenters. The van der Waals surface area contributed by atoms with Crippen LogP contribution in [0.5, 0.6) is 0 Å². The molecule has 5 nitrogen and oxygen atoms in total. The van der Waals surface area contributed by atoms with Crippen molar-refractivity contribution in [3.05, 3.63) is 30.4 Å². The zero-order chi connectivity index (χ0) is 9.26. The average molecular weight is 175 g/mol. The van der Waals surface area contributed by atoms with Gasteiger partial charge in [0.05, 0.1) is 17.9 Å². The highest BCUT2D eigenvalue weighted by Gasteiger charge is 2.05. The van der Waals surface area contributed by atoms with Gasteiger partial charge in [-0.05, 0) is 6.07 Å². The first-order chi connectivity index (χ1) is 6.27. The zero-order valence-corrected chi connectivity index (χ0v) is 6.51. The van der Waals surface area contributed by atoms with Crippen molar-refractivity contribution in [2.24, 2.45) is 0 Å². The molecule has 0 amide bonds. The number of hydrogen-bond donors (Lipinski definition) is 1. The number of nitrogens with zero attached hydrogens (tertiary/aromatic N) is 3. The van der Waals surface area contributed by atoms with Crippen molar-refractivity contribution in [2.75, 3.05) is 0 Å². The first-order valence-electron chi connectivity index (χ1n) is 3.57. The Hall–Kier alpha value is -2.04. The minimum Gasteiger partial charge on any atom is -0.476 e. The van der Waals surface area contributed by atoms with Crippen LogP contribution in [-0.4, -0.2) is 26.0 Å². The number of aromatic nitrogens is 3. The molecule has 13 heavy (non-hydrogen) atoms. The second kappa shape index (κ2) is 2.78. The standard InChI is InChI=1S/C8H5N3O2/c12-8(13)7-4-10-5-1-2-9-3-6(5)11-7/h1-4H,(H,12,13). The van der Waals surface area contributed by atoms with E-state index >= 15 is 0 Å². The Kier molecular flexibility index (Phi) is 1.63. The summed E-state index contributed by atoms with van der Waals surface area (Å²) in [4.78, 5) is 22.1. The van der Waals surface area contributed by atoms with Gasteiger partial charge in [-0.15, -0.1) is 0 Å². The Morgan fingerprint density at radius 3 is 2.92 bits per heavy atom. The van der Waals surface area contributed by atoms with Crippen LogP contribution in [0.1, 0.15) is 10.5 Å². The lowest BCUT2D eigenvalue weighted by atomic mass is 10.3. The molecular weight excluding hydrogens is 170 g/mol. The van der Waals surface area contributed by atoms with Crippen LogP contribution in [0.4, 0.5) is 0 Å². The summed E-state index contributed by atoms with van der Waals surface area (Å²) >= 11 is 0. The van der Waals surface area contributed by atoms with Gasteiger partial charge in [0, 0.05) is 6.20 Å². The van der Waals surface area contributed by atoms with Crippen LogP contribution in [0.2, 0.25) is 0 Å². The molecule has 0 fully saturated rings. The molecule has 2 rings (SSSR count). The van der Waals surface area contributed by atoms with E-state index in [9.17, 15) is 4.79 Å². The molecule has 0 aliphatic carbocycles. The SMILES string of the molecule is O=C(O)c1cnc2ccncc2n1. The summed E-state index contributed by atoms with van der Waals surface area (Å²) in [6.45, 7) is 0. The van der Waals surface area contributed by atoms with Gasteiger partial charge >= 0.3 is 5.97 Å². The van der Waals surface area contributed by atoms with Gasteiger partial charge in [0.2, 0.25) is 0 Å². The maximum Gasteiger partial charge on any atom is 0.356 e. The van der Waals surface area contributed by atoms with Crippen LogP contribution in [0.3, 0.4) is 0 Å². The van der Waals surface area contributed by atoms with Crippen LogP contribution < -0.4 is 0 Å². The van der Waals surface area contributed by atoms with Gasteiger partial charge in [0.25, 0.3) is 0 Å². The molecule has 2 heterocycles. The third-order valence-electron chi connectivity index (χ3n) is 1.56. The molecule has 0 radical (unpaired) electrons. The first kappa shape index (κ1) is 7.60. The van der Waals surface area contributed by atoms with Crippen molar-refractivity contribution < 1.29 is 9.90 Å². The van der Waals surface area contributed by atoms with E-state index in [2.05, 4.69) is 15.0 Å². The van der Waals surface area contributed by atoms with Crippen molar-refractivity contribution >= 4 is 17.0 Å². The van der Waals surface area contributed by atoms with Crippen LogP contribution in [0.25, 0.3) is 11.0 Å². The Balaban J connectivity index is 2.69. The normalized spacial score (nSPS) is 10.2. The summed E-state index contributed by atoms with van der Waals surface area (Å²) in [5.74, 6) is -1.08. The average Bonchev–Trinajstić information content (AvgIpc) is 2.17. The molecule has 1 N–H and O–H groups in total. The van der Waals surface area contributed by atoms with E-state index in [0.717, 1.165) is 0 Å². The summed E-state index contributed by atoms with van der Waals surface area (Å²) in [6, 6.07) is 1.67. The number of rotatable bonds is 1. The zero-order valence-electron chi connectivity index (χ0n) is 6.51. The third kappa shape index (κ3) is 1.31. The fourth-order valence-corrected chi connectivity index (χ4v) is 0.966. The second-order valence-electron chi connectivity index (χ2n) is 2.42. The Bertz CT molecular complexity index is 470. The van der Waals surface area contributed by atoms with Gasteiger partial charge in [-0.25, -0.2) is 9.78 Å². The Labute approximate surface area is 73.1 Å². The van der Waals surface area contributed by atoms with Crippen LogP contribution in [0.15, 0.2) is 24.7 Å². The van der Waals surface area contributed by atoms with Crippen LogP contribution in [0, 0.1) is 0 Å². The van der Waals surface area contributed by atoms with Gasteiger partial charge in [0.15, 0.2) is 5.69 Å². The van der Waals surface area contributed by atoms with E-state index in [1.54, 1.807) is 12.3 Å². The molecule has 0 bridgehead atoms. The highest BCUT2D eigenvalue weighted by atomic mass is 16.4. The quantitative estimate of drug-likeness (QED) is 0.691. The summed E-state index contributed by atoms with van der Waals surface area (Å²) in [5, 5.41) is 8.62. The molecule has 0 aromatic carbocycles. The molecule has 0 saturated heterocycles. The Morgan fingerprint density at radius 1 is 1.31 bits per heavy atom. The molecule has 0 spiro atoms. The van der Waals surface area contributed by atoms with Gasteiger partial charge < -0.3 is 5.11 Å².